The van der Waals surface area contributed by atoms with Crippen LogP contribution in [-0.4, -0.2) is 36.2 Å². The second-order valence-electron chi connectivity index (χ2n) is 4.73. The number of ether oxygens (including phenoxy) is 1. The van der Waals surface area contributed by atoms with Crippen LogP contribution in [0.15, 0.2) is 6.07 Å². The second-order valence-corrected chi connectivity index (χ2v) is 4.73. The van der Waals surface area contributed by atoms with Gasteiger partial charge in [0.25, 0.3) is 0 Å². The van der Waals surface area contributed by atoms with Gasteiger partial charge in [-0.15, -0.1) is 0 Å². The van der Waals surface area contributed by atoms with E-state index in [1.54, 1.807) is 7.11 Å². The van der Waals surface area contributed by atoms with E-state index in [4.69, 9.17) is 10.5 Å². The zero-order chi connectivity index (χ0) is 12.4. The average Bonchev–Trinajstić information content (AvgIpc) is 2.32. The summed E-state index contributed by atoms with van der Waals surface area (Å²) in [5, 5.41) is 0. The fraction of sp³-hybridized carbons (Fsp3) is 0.667. The number of piperidine rings is 1. The molecule has 0 aromatic carbocycles. The van der Waals surface area contributed by atoms with Gasteiger partial charge in [0.1, 0.15) is 0 Å². The summed E-state index contributed by atoms with van der Waals surface area (Å²) in [6, 6.07) is 2.13. The van der Waals surface area contributed by atoms with Crippen molar-refractivity contribution < 1.29 is 4.74 Å². The molecule has 0 aliphatic carbocycles. The zero-order valence-electron chi connectivity index (χ0n) is 10.7. The van der Waals surface area contributed by atoms with Crippen molar-refractivity contribution in [3.63, 3.8) is 0 Å². The summed E-state index contributed by atoms with van der Waals surface area (Å²) in [5.41, 5.74) is 6.94. The van der Waals surface area contributed by atoms with Gasteiger partial charge in [0.05, 0.1) is 7.11 Å². The number of rotatable bonds is 2. The fourth-order valence-electron chi connectivity index (χ4n) is 2.12. The highest BCUT2D eigenvalue weighted by molar-refractivity contribution is 5.35. The van der Waals surface area contributed by atoms with Crippen molar-refractivity contribution in [3.05, 3.63) is 11.8 Å². The van der Waals surface area contributed by atoms with Crippen LogP contribution in [-0.2, 0) is 0 Å². The van der Waals surface area contributed by atoms with Gasteiger partial charge in [-0.05, 0) is 19.3 Å². The summed E-state index contributed by atoms with van der Waals surface area (Å²) in [6.07, 6.45) is 0.987. The van der Waals surface area contributed by atoms with Crippen LogP contribution in [0.3, 0.4) is 0 Å². The maximum Gasteiger partial charge on any atom is 0.228 e. The molecule has 2 atom stereocenters. The van der Waals surface area contributed by atoms with Crippen LogP contribution in [0.5, 0.6) is 5.88 Å². The minimum Gasteiger partial charge on any atom is -0.481 e. The minimum atomic E-state index is 0.290. The Labute approximate surface area is 102 Å². The smallest absolute Gasteiger partial charge is 0.228 e. The summed E-state index contributed by atoms with van der Waals surface area (Å²) < 4.78 is 5.17. The van der Waals surface area contributed by atoms with Crippen molar-refractivity contribution in [2.45, 2.75) is 26.3 Å². The van der Waals surface area contributed by atoms with E-state index in [-0.39, 0.29) is 6.04 Å². The predicted octanol–water partition coefficient (Wildman–Crippen LogP) is 0.967. The zero-order valence-corrected chi connectivity index (χ0v) is 10.7. The molecule has 1 aromatic rings. The van der Waals surface area contributed by atoms with Gasteiger partial charge >= 0.3 is 0 Å². The number of methoxy groups -OCH3 is 1. The Morgan fingerprint density at radius 3 is 2.88 bits per heavy atom. The molecule has 94 valence electrons. The predicted molar refractivity (Wildman–Crippen MR) is 67.3 cm³/mol. The number of hydrogen-bond acceptors (Lipinski definition) is 5. The molecule has 2 heterocycles. The Hall–Kier alpha value is -1.36. The maximum atomic E-state index is 6.01. The summed E-state index contributed by atoms with van der Waals surface area (Å²) >= 11 is 0. The van der Waals surface area contributed by atoms with E-state index in [1.165, 1.54) is 0 Å². The molecule has 0 radical (unpaired) electrons. The Morgan fingerprint density at radius 2 is 2.24 bits per heavy atom. The molecular weight excluding hydrogens is 216 g/mol. The molecule has 1 aromatic heterocycles. The molecule has 2 unspecified atom stereocenters. The molecule has 5 nitrogen and oxygen atoms in total. The van der Waals surface area contributed by atoms with E-state index in [2.05, 4.69) is 21.8 Å². The lowest BCUT2D eigenvalue weighted by Crippen LogP contribution is -2.46. The van der Waals surface area contributed by atoms with E-state index < -0.39 is 0 Å². The second kappa shape index (κ2) is 4.87. The summed E-state index contributed by atoms with van der Waals surface area (Å²) in [5.74, 6) is 1.84. The monoisotopic (exact) mass is 236 g/mol. The summed E-state index contributed by atoms with van der Waals surface area (Å²) in [6.45, 7) is 5.95. The summed E-state index contributed by atoms with van der Waals surface area (Å²) in [7, 11) is 1.63. The number of nitrogens with two attached hydrogens (primary N) is 1. The van der Waals surface area contributed by atoms with Gasteiger partial charge in [-0.1, -0.05) is 6.92 Å². The van der Waals surface area contributed by atoms with Gasteiger partial charge in [0, 0.05) is 30.9 Å². The van der Waals surface area contributed by atoms with Crippen molar-refractivity contribution >= 4 is 5.95 Å². The normalized spacial score (nSPS) is 24.8. The van der Waals surface area contributed by atoms with E-state index in [0.29, 0.717) is 11.8 Å². The van der Waals surface area contributed by atoms with Gasteiger partial charge in [-0.2, -0.15) is 4.98 Å². The molecule has 0 saturated carbocycles. The van der Waals surface area contributed by atoms with Crippen LogP contribution in [0.2, 0.25) is 0 Å². The van der Waals surface area contributed by atoms with Crippen LogP contribution < -0.4 is 15.4 Å². The highest BCUT2D eigenvalue weighted by Gasteiger charge is 2.25. The first-order valence-corrected chi connectivity index (χ1v) is 6.00. The van der Waals surface area contributed by atoms with E-state index in [9.17, 15) is 0 Å². The highest BCUT2D eigenvalue weighted by atomic mass is 16.5. The van der Waals surface area contributed by atoms with Gasteiger partial charge in [0.15, 0.2) is 0 Å². The SMILES string of the molecule is COc1cc(C)nc(N2CCC(N)C(C)C2)n1. The quantitative estimate of drug-likeness (QED) is 0.829. The van der Waals surface area contributed by atoms with Crippen molar-refractivity contribution in [2.75, 3.05) is 25.1 Å². The molecule has 5 heteroatoms. The molecule has 1 aliphatic rings. The molecule has 0 bridgehead atoms. The molecular formula is C12H20N4O. The Balaban J connectivity index is 2.19. The lowest BCUT2D eigenvalue weighted by atomic mass is 9.95. The van der Waals surface area contributed by atoms with E-state index in [1.807, 2.05) is 13.0 Å². The van der Waals surface area contributed by atoms with Crippen molar-refractivity contribution in [1.29, 1.82) is 0 Å². The van der Waals surface area contributed by atoms with Crippen LogP contribution in [0.1, 0.15) is 19.0 Å². The van der Waals surface area contributed by atoms with Crippen molar-refractivity contribution in [1.82, 2.24) is 9.97 Å². The highest BCUT2D eigenvalue weighted by Crippen LogP contribution is 2.21. The number of aromatic nitrogens is 2. The number of nitrogens with zero attached hydrogens (tertiary/aromatic N) is 3. The van der Waals surface area contributed by atoms with Crippen LogP contribution >= 0.6 is 0 Å². The molecule has 1 fully saturated rings. The fourth-order valence-corrected chi connectivity index (χ4v) is 2.12. The van der Waals surface area contributed by atoms with Gasteiger partial charge in [-0.3, -0.25) is 0 Å². The molecule has 2 N–H and O–H groups in total. The summed E-state index contributed by atoms with van der Waals surface area (Å²) in [4.78, 5) is 11.0. The lowest BCUT2D eigenvalue weighted by molar-refractivity contribution is 0.373. The number of anilines is 1. The maximum absolute atomic E-state index is 6.01. The Bertz CT molecular complexity index is 396. The molecule has 1 saturated heterocycles. The molecule has 2 rings (SSSR count). The first kappa shape index (κ1) is 12.1. The third kappa shape index (κ3) is 2.66. The van der Waals surface area contributed by atoms with E-state index >= 15 is 0 Å². The van der Waals surface area contributed by atoms with Crippen molar-refractivity contribution in [2.24, 2.45) is 11.7 Å². The third-order valence-corrected chi connectivity index (χ3v) is 3.28. The van der Waals surface area contributed by atoms with Crippen molar-refractivity contribution in [3.8, 4) is 5.88 Å². The third-order valence-electron chi connectivity index (χ3n) is 3.28. The van der Waals surface area contributed by atoms with Gasteiger partial charge in [-0.25, -0.2) is 4.98 Å². The lowest BCUT2D eigenvalue weighted by Gasteiger charge is -2.35. The molecule has 0 amide bonds. The number of hydrogen-bond donors (Lipinski definition) is 1. The van der Waals surface area contributed by atoms with Crippen LogP contribution in [0.25, 0.3) is 0 Å². The molecule has 0 spiro atoms. The van der Waals surface area contributed by atoms with Gasteiger partial charge in [0.2, 0.25) is 11.8 Å². The standard InChI is InChI=1S/C12H20N4O/c1-8-7-16(5-4-10(8)13)12-14-9(2)6-11(15-12)17-3/h6,8,10H,4-5,7,13H2,1-3H3. The topological polar surface area (TPSA) is 64.3 Å². The van der Waals surface area contributed by atoms with Gasteiger partial charge < -0.3 is 15.4 Å². The first-order chi connectivity index (χ1) is 8.10. The van der Waals surface area contributed by atoms with E-state index in [0.717, 1.165) is 31.2 Å². The molecule has 1 aliphatic heterocycles. The molecule has 17 heavy (non-hydrogen) atoms. The minimum absolute atomic E-state index is 0.290. The largest absolute Gasteiger partial charge is 0.481 e. The van der Waals surface area contributed by atoms with Crippen LogP contribution in [0, 0.1) is 12.8 Å². The average molecular weight is 236 g/mol. The first-order valence-electron chi connectivity index (χ1n) is 6.00. The van der Waals surface area contributed by atoms with Crippen LogP contribution in [0.4, 0.5) is 5.95 Å². The number of aryl methyl sites for hydroxylation is 1. The Morgan fingerprint density at radius 1 is 1.47 bits per heavy atom. The Kier molecular flexibility index (Phi) is 3.47.